The maximum Gasteiger partial charge on any atom is 0.416 e. The van der Waals surface area contributed by atoms with Crippen molar-refractivity contribution in [3.05, 3.63) is 23.4 Å². The molecule has 2 aliphatic heterocycles. The SMILES string of the molecule is CC(C)(C)OC(=O)N1CCCc2ccc(CCCCCN(C(=O)OC(C)(C)C)[C@@H]3CCNC3)nc21. The smallest absolute Gasteiger partial charge is 0.416 e. The van der Waals surface area contributed by atoms with E-state index < -0.39 is 11.2 Å². The van der Waals surface area contributed by atoms with Gasteiger partial charge in [0.15, 0.2) is 0 Å². The molecule has 3 heterocycles. The number of ether oxygens (including phenoxy) is 2. The topological polar surface area (TPSA) is 84.0 Å². The Labute approximate surface area is 210 Å². The summed E-state index contributed by atoms with van der Waals surface area (Å²) in [4.78, 5) is 33.9. The molecule has 0 aromatic carbocycles. The first kappa shape index (κ1) is 27.2. The summed E-state index contributed by atoms with van der Waals surface area (Å²) in [5, 5.41) is 3.35. The number of carbonyl (C=O) groups is 2. The lowest BCUT2D eigenvalue weighted by Crippen LogP contribution is -2.44. The Morgan fingerprint density at radius 1 is 1.09 bits per heavy atom. The van der Waals surface area contributed by atoms with E-state index in [4.69, 9.17) is 14.5 Å². The summed E-state index contributed by atoms with van der Waals surface area (Å²) >= 11 is 0. The summed E-state index contributed by atoms with van der Waals surface area (Å²) in [6.07, 6.45) is 5.99. The van der Waals surface area contributed by atoms with Gasteiger partial charge in [0.1, 0.15) is 17.0 Å². The lowest BCUT2D eigenvalue weighted by atomic mass is 10.0. The zero-order chi connectivity index (χ0) is 25.6. The van der Waals surface area contributed by atoms with E-state index in [-0.39, 0.29) is 18.2 Å². The minimum absolute atomic E-state index is 0.200. The zero-order valence-corrected chi connectivity index (χ0v) is 22.5. The van der Waals surface area contributed by atoms with E-state index in [2.05, 4.69) is 17.4 Å². The Morgan fingerprint density at radius 2 is 1.83 bits per heavy atom. The number of amides is 2. The van der Waals surface area contributed by atoms with Crippen LogP contribution in [0.2, 0.25) is 0 Å². The number of fused-ring (bicyclic) bond motifs is 1. The average Bonchev–Trinajstić information content (AvgIpc) is 3.27. The lowest BCUT2D eigenvalue weighted by Gasteiger charge is -2.31. The number of nitrogens with one attached hydrogen (secondary N) is 1. The second kappa shape index (κ2) is 11.6. The highest BCUT2D eigenvalue weighted by atomic mass is 16.6. The Morgan fingerprint density at radius 3 is 2.49 bits per heavy atom. The molecule has 35 heavy (non-hydrogen) atoms. The van der Waals surface area contributed by atoms with Gasteiger partial charge in [0.2, 0.25) is 0 Å². The van der Waals surface area contributed by atoms with Gasteiger partial charge < -0.3 is 19.7 Å². The molecule has 2 aliphatic rings. The van der Waals surface area contributed by atoms with E-state index in [1.54, 1.807) is 4.90 Å². The third kappa shape index (κ3) is 8.37. The third-order valence-electron chi connectivity index (χ3n) is 6.15. The second-order valence-electron chi connectivity index (χ2n) is 11.7. The Hall–Kier alpha value is -2.35. The number of hydrogen-bond acceptors (Lipinski definition) is 6. The standard InChI is InChI=1S/C27H44N4O4/c1-26(2,3)34-24(32)30(22-15-16-28-19-22)17-9-7-8-12-21-14-13-20-11-10-18-31(23(20)29-21)25(33)35-27(4,5)6/h13-14,22,28H,7-12,15-19H2,1-6H3/t22-/m1/s1. The molecule has 3 rings (SSSR count). The molecule has 8 nitrogen and oxygen atoms in total. The molecular weight excluding hydrogens is 444 g/mol. The number of rotatable bonds is 7. The van der Waals surface area contributed by atoms with Crippen molar-refractivity contribution in [2.45, 2.75) is 104 Å². The zero-order valence-electron chi connectivity index (χ0n) is 22.5. The summed E-state index contributed by atoms with van der Waals surface area (Å²) < 4.78 is 11.3. The fraction of sp³-hybridized carbons (Fsp3) is 0.741. The highest BCUT2D eigenvalue weighted by Crippen LogP contribution is 2.27. The molecule has 0 unspecified atom stereocenters. The minimum Gasteiger partial charge on any atom is -0.444 e. The molecule has 1 aromatic heterocycles. The Kier molecular flexibility index (Phi) is 9.02. The first-order valence-electron chi connectivity index (χ1n) is 13.1. The number of aromatic nitrogens is 1. The summed E-state index contributed by atoms with van der Waals surface area (Å²) in [5.41, 5.74) is 1.06. The average molecular weight is 489 g/mol. The molecule has 0 bridgehead atoms. The second-order valence-corrected chi connectivity index (χ2v) is 11.7. The van der Waals surface area contributed by atoms with Crippen molar-refractivity contribution in [2.24, 2.45) is 0 Å². The molecule has 1 saturated heterocycles. The van der Waals surface area contributed by atoms with E-state index in [0.29, 0.717) is 13.1 Å². The molecule has 1 aromatic rings. The summed E-state index contributed by atoms with van der Waals surface area (Å²) in [6.45, 7) is 14.5. The minimum atomic E-state index is -0.534. The van der Waals surface area contributed by atoms with Crippen molar-refractivity contribution in [1.29, 1.82) is 0 Å². The molecule has 8 heteroatoms. The van der Waals surface area contributed by atoms with Crippen molar-refractivity contribution in [1.82, 2.24) is 15.2 Å². The van der Waals surface area contributed by atoms with Gasteiger partial charge in [-0.25, -0.2) is 14.6 Å². The number of anilines is 1. The maximum atomic E-state index is 12.8. The largest absolute Gasteiger partial charge is 0.444 e. The van der Waals surface area contributed by atoms with Gasteiger partial charge in [0.05, 0.1) is 0 Å². The highest BCUT2D eigenvalue weighted by Gasteiger charge is 2.30. The normalized spacial score (nSPS) is 18.2. The van der Waals surface area contributed by atoms with Crippen LogP contribution in [-0.2, 0) is 22.3 Å². The highest BCUT2D eigenvalue weighted by molar-refractivity contribution is 5.88. The van der Waals surface area contributed by atoms with Crippen LogP contribution in [0, 0.1) is 0 Å². The molecule has 0 radical (unpaired) electrons. The first-order valence-corrected chi connectivity index (χ1v) is 13.1. The van der Waals surface area contributed by atoms with Crippen LogP contribution in [0.3, 0.4) is 0 Å². The fourth-order valence-corrected chi connectivity index (χ4v) is 4.53. The van der Waals surface area contributed by atoms with Crippen LogP contribution in [0.25, 0.3) is 0 Å². The van der Waals surface area contributed by atoms with Crippen LogP contribution in [-0.4, -0.2) is 65.5 Å². The van der Waals surface area contributed by atoms with E-state index in [1.165, 1.54) is 0 Å². The van der Waals surface area contributed by atoms with Gasteiger partial charge in [-0.1, -0.05) is 12.5 Å². The van der Waals surface area contributed by atoms with Gasteiger partial charge in [-0.2, -0.15) is 0 Å². The molecule has 1 fully saturated rings. The first-order chi connectivity index (χ1) is 16.4. The lowest BCUT2D eigenvalue weighted by molar-refractivity contribution is 0.0172. The predicted molar refractivity (Wildman–Crippen MR) is 138 cm³/mol. The molecule has 2 amide bonds. The summed E-state index contributed by atoms with van der Waals surface area (Å²) in [7, 11) is 0. The maximum absolute atomic E-state index is 12.8. The number of pyridine rings is 1. The molecule has 1 atom stereocenters. The number of nitrogens with zero attached hydrogens (tertiary/aromatic N) is 3. The Bertz CT molecular complexity index is 869. The molecule has 0 saturated carbocycles. The number of aryl methyl sites for hydroxylation is 2. The van der Waals surface area contributed by atoms with Crippen molar-refractivity contribution in [2.75, 3.05) is 31.1 Å². The van der Waals surface area contributed by atoms with Crippen LogP contribution >= 0.6 is 0 Å². The van der Waals surface area contributed by atoms with Crippen LogP contribution in [0.15, 0.2) is 12.1 Å². The van der Waals surface area contributed by atoms with Gasteiger partial charge in [-0.15, -0.1) is 0 Å². The van der Waals surface area contributed by atoms with E-state index in [1.807, 2.05) is 46.4 Å². The number of carbonyl (C=O) groups excluding carboxylic acids is 2. The van der Waals surface area contributed by atoms with Crippen LogP contribution < -0.4 is 10.2 Å². The van der Waals surface area contributed by atoms with Crippen LogP contribution in [0.1, 0.15) is 84.9 Å². The van der Waals surface area contributed by atoms with Gasteiger partial charge in [-0.3, -0.25) is 4.90 Å². The number of unbranched alkanes of at least 4 members (excludes halogenated alkanes) is 2. The van der Waals surface area contributed by atoms with E-state index >= 15 is 0 Å². The fourth-order valence-electron chi connectivity index (χ4n) is 4.53. The van der Waals surface area contributed by atoms with E-state index in [0.717, 1.165) is 75.1 Å². The quantitative estimate of drug-likeness (QED) is 0.539. The monoisotopic (exact) mass is 488 g/mol. The van der Waals surface area contributed by atoms with Crippen molar-refractivity contribution in [3.8, 4) is 0 Å². The summed E-state index contributed by atoms with van der Waals surface area (Å²) in [5.74, 6) is 0.743. The molecule has 1 N–H and O–H groups in total. The van der Waals surface area contributed by atoms with Crippen LogP contribution in [0.4, 0.5) is 15.4 Å². The van der Waals surface area contributed by atoms with Crippen LogP contribution in [0.5, 0.6) is 0 Å². The van der Waals surface area contributed by atoms with E-state index in [9.17, 15) is 9.59 Å². The molecular formula is C27H44N4O4. The number of hydrogen-bond donors (Lipinski definition) is 1. The Balaban J connectivity index is 1.53. The third-order valence-corrected chi connectivity index (χ3v) is 6.15. The van der Waals surface area contributed by atoms with Gasteiger partial charge in [-0.05, 0) is 98.2 Å². The summed E-state index contributed by atoms with van der Waals surface area (Å²) in [6, 6.07) is 4.38. The van der Waals surface area contributed by atoms with Crippen molar-refractivity contribution >= 4 is 18.0 Å². The molecule has 0 aliphatic carbocycles. The predicted octanol–water partition coefficient (Wildman–Crippen LogP) is 5.08. The van der Waals surface area contributed by atoms with Gasteiger partial charge >= 0.3 is 12.2 Å². The van der Waals surface area contributed by atoms with Crippen molar-refractivity contribution in [3.63, 3.8) is 0 Å². The van der Waals surface area contributed by atoms with Crippen molar-refractivity contribution < 1.29 is 19.1 Å². The van der Waals surface area contributed by atoms with Gasteiger partial charge in [0, 0.05) is 31.4 Å². The molecule has 0 spiro atoms. The van der Waals surface area contributed by atoms with Gasteiger partial charge in [0.25, 0.3) is 0 Å². The molecule has 196 valence electrons.